The Labute approximate surface area is 132 Å². The van der Waals surface area contributed by atoms with Crippen LogP contribution < -0.4 is 0 Å². The van der Waals surface area contributed by atoms with Crippen molar-refractivity contribution in [2.45, 2.75) is 13.0 Å². The molecule has 0 aromatic heterocycles. The van der Waals surface area contributed by atoms with Gasteiger partial charge in [0.15, 0.2) is 0 Å². The van der Waals surface area contributed by atoms with Crippen LogP contribution in [0.15, 0.2) is 22.7 Å². The summed E-state index contributed by atoms with van der Waals surface area (Å²) < 4.78 is 1.03. The summed E-state index contributed by atoms with van der Waals surface area (Å²) in [7, 11) is 0. The number of nitrogens with zero attached hydrogens (tertiary/aromatic N) is 2. The van der Waals surface area contributed by atoms with Crippen molar-refractivity contribution in [3.8, 4) is 0 Å². The van der Waals surface area contributed by atoms with E-state index in [1.54, 1.807) is 0 Å². The number of rotatable bonds is 4. The summed E-state index contributed by atoms with van der Waals surface area (Å²) in [6.07, 6.45) is 0.985. The molecule has 4 nitrogen and oxygen atoms in total. The van der Waals surface area contributed by atoms with Crippen LogP contribution >= 0.6 is 27.5 Å². The average molecular weight is 362 g/mol. The van der Waals surface area contributed by atoms with Gasteiger partial charge in [-0.05, 0) is 36.7 Å². The SMILES string of the molecule is O=C(O)CN1CCCN(Cc2cc(Br)ccc2Cl)CC1. The topological polar surface area (TPSA) is 43.8 Å². The number of benzene rings is 1. The molecule has 1 saturated heterocycles. The predicted octanol–water partition coefficient (Wildman–Crippen LogP) is 2.69. The van der Waals surface area contributed by atoms with Gasteiger partial charge in [0.25, 0.3) is 0 Å². The van der Waals surface area contributed by atoms with E-state index in [0.29, 0.717) is 0 Å². The molecule has 1 aromatic carbocycles. The molecule has 0 saturated carbocycles. The number of carbonyl (C=O) groups is 1. The Morgan fingerprint density at radius 1 is 1.25 bits per heavy atom. The van der Waals surface area contributed by atoms with E-state index in [2.05, 4.69) is 20.8 Å². The molecule has 1 aliphatic rings. The molecule has 0 unspecified atom stereocenters. The minimum Gasteiger partial charge on any atom is -0.480 e. The molecule has 0 bridgehead atoms. The smallest absolute Gasteiger partial charge is 0.317 e. The molecule has 1 heterocycles. The van der Waals surface area contributed by atoms with Crippen LogP contribution in [0.5, 0.6) is 0 Å². The maximum Gasteiger partial charge on any atom is 0.317 e. The number of halogens is 2. The van der Waals surface area contributed by atoms with Crippen molar-refractivity contribution >= 4 is 33.5 Å². The molecule has 0 amide bonds. The monoisotopic (exact) mass is 360 g/mol. The fourth-order valence-electron chi connectivity index (χ4n) is 2.44. The molecule has 0 radical (unpaired) electrons. The molecule has 20 heavy (non-hydrogen) atoms. The quantitative estimate of drug-likeness (QED) is 0.895. The van der Waals surface area contributed by atoms with Gasteiger partial charge in [0.05, 0.1) is 6.54 Å². The van der Waals surface area contributed by atoms with Crippen molar-refractivity contribution in [3.05, 3.63) is 33.3 Å². The summed E-state index contributed by atoms with van der Waals surface area (Å²) in [6, 6.07) is 5.88. The van der Waals surface area contributed by atoms with Gasteiger partial charge >= 0.3 is 5.97 Å². The summed E-state index contributed by atoms with van der Waals surface area (Å²) >= 11 is 9.68. The largest absolute Gasteiger partial charge is 0.480 e. The molecular weight excluding hydrogens is 344 g/mol. The van der Waals surface area contributed by atoms with Crippen LogP contribution in [-0.4, -0.2) is 53.6 Å². The lowest BCUT2D eigenvalue weighted by molar-refractivity contribution is -0.138. The van der Waals surface area contributed by atoms with Crippen molar-refractivity contribution < 1.29 is 9.90 Å². The molecular formula is C14H18BrClN2O2. The van der Waals surface area contributed by atoms with Gasteiger partial charge in [-0.2, -0.15) is 0 Å². The molecule has 1 N–H and O–H groups in total. The molecule has 110 valence electrons. The first-order valence-electron chi connectivity index (χ1n) is 6.65. The molecule has 0 atom stereocenters. The Morgan fingerprint density at radius 3 is 2.70 bits per heavy atom. The Kier molecular flexibility index (Phi) is 5.84. The van der Waals surface area contributed by atoms with Crippen molar-refractivity contribution in [1.82, 2.24) is 9.80 Å². The van der Waals surface area contributed by atoms with Gasteiger partial charge in [0.2, 0.25) is 0 Å². The standard InChI is InChI=1S/C14H18BrClN2O2/c15-12-2-3-13(16)11(8-12)9-17-4-1-5-18(7-6-17)10-14(19)20/h2-3,8H,1,4-7,9-10H2,(H,19,20). The highest BCUT2D eigenvalue weighted by atomic mass is 79.9. The number of carboxylic acid groups (broad SMARTS) is 1. The predicted molar refractivity (Wildman–Crippen MR) is 83.1 cm³/mol. The number of hydrogen-bond acceptors (Lipinski definition) is 3. The van der Waals surface area contributed by atoms with Gasteiger partial charge in [-0.25, -0.2) is 0 Å². The van der Waals surface area contributed by atoms with E-state index >= 15 is 0 Å². The summed E-state index contributed by atoms with van der Waals surface area (Å²) in [4.78, 5) is 15.1. The molecule has 0 aliphatic carbocycles. The summed E-state index contributed by atoms with van der Waals surface area (Å²) in [5.41, 5.74) is 1.10. The Bertz CT molecular complexity index is 484. The Balaban J connectivity index is 1.94. The second kappa shape index (κ2) is 7.41. The number of carboxylic acids is 1. The van der Waals surface area contributed by atoms with Crippen LogP contribution in [0.1, 0.15) is 12.0 Å². The normalized spacial score (nSPS) is 17.9. The zero-order chi connectivity index (χ0) is 14.5. The zero-order valence-corrected chi connectivity index (χ0v) is 13.5. The van der Waals surface area contributed by atoms with Crippen molar-refractivity contribution in [2.24, 2.45) is 0 Å². The molecule has 2 rings (SSSR count). The van der Waals surface area contributed by atoms with E-state index < -0.39 is 5.97 Å². The highest BCUT2D eigenvalue weighted by Gasteiger charge is 2.17. The first-order valence-corrected chi connectivity index (χ1v) is 7.82. The van der Waals surface area contributed by atoms with Crippen LogP contribution in [0.25, 0.3) is 0 Å². The molecule has 1 aromatic rings. The van der Waals surface area contributed by atoms with Crippen LogP contribution in [0.4, 0.5) is 0 Å². The first kappa shape index (κ1) is 15.8. The van der Waals surface area contributed by atoms with Crippen LogP contribution in [0, 0.1) is 0 Å². The van der Waals surface area contributed by atoms with Crippen LogP contribution in [0.2, 0.25) is 5.02 Å². The lowest BCUT2D eigenvalue weighted by Crippen LogP contribution is -2.34. The minimum absolute atomic E-state index is 0.130. The van der Waals surface area contributed by atoms with E-state index in [0.717, 1.165) is 54.2 Å². The molecule has 0 spiro atoms. The lowest BCUT2D eigenvalue weighted by atomic mass is 10.2. The Morgan fingerprint density at radius 2 is 1.95 bits per heavy atom. The summed E-state index contributed by atoms with van der Waals surface area (Å²) in [6.45, 7) is 4.41. The van der Waals surface area contributed by atoms with E-state index in [9.17, 15) is 4.79 Å². The zero-order valence-electron chi connectivity index (χ0n) is 11.2. The maximum absolute atomic E-state index is 10.8. The van der Waals surface area contributed by atoms with Crippen LogP contribution in [0.3, 0.4) is 0 Å². The van der Waals surface area contributed by atoms with E-state index in [4.69, 9.17) is 16.7 Å². The highest BCUT2D eigenvalue weighted by Crippen LogP contribution is 2.22. The Hall–Kier alpha value is -0.620. The van der Waals surface area contributed by atoms with Crippen molar-refractivity contribution in [2.75, 3.05) is 32.7 Å². The van der Waals surface area contributed by atoms with E-state index in [1.807, 2.05) is 23.1 Å². The molecule has 1 fully saturated rings. The van der Waals surface area contributed by atoms with Crippen molar-refractivity contribution in [1.29, 1.82) is 0 Å². The van der Waals surface area contributed by atoms with E-state index in [-0.39, 0.29) is 6.54 Å². The summed E-state index contributed by atoms with van der Waals surface area (Å²) in [5, 5.41) is 9.63. The molecule has 6 heteroatoms. The maximum atomic E-state index is 10.8. The second-order valence-corrected chi connectivity index (χ2v) is 6.36. The molecule has 1 aliphatic heterocycles. The first-order chi connectivity index (χ1) is 9.54. The number of hydrogen-bond donors (Lipinski definition) is 1. The summed E-state index contributed by atoms with van der Waals surface area (Å²) in [5.74, 6) is -0.756. The third-order valence-corrected chi connectivity index (χ3v) is 4.30. The van der Waals surface area contributed by atoms with E-state index in [1.165, 1.54) is 0 Å². The van der Waals surface area contributed by atoms with Gasteiger partial charge in [0.1, 0.15) is 0 Å². The number of aliphatic carboxylic acids is 1. The van der Waals surface area contributed by atoms with Crippen LogP contribution in [-0.2, 0) is 11.3 Å². The average Bonchev–Trinajstić information content (AvgIpc) is 2.59. The lowest BCUT2D eigenvalue weighted by Gasteiger charge is -2.21. The fraction of sp³-hybridized carbons (Fsp3) is 0.500. The van der Waals surface area contributed by atoms with Crippen molar-refractivity contribution in [3.63, 3.8) is 0 Å². The fourth-order valence-corrected chi connectivity index (χ4v) is 3.02. The van der Waals surface area contributed by atoms with Gasteiger partial charge in [-0.1, -0.05) is 27.5 Å². The second-order valence-electron chi connectivity index (χ2n) is 5.04. The third-order valence-electron chi connectivity index (χ3n) is 3.44. The van der Waals surface area contributed by atoms with Gasteiger partial charge in [0, 0.05) is 35.7 Å². The van der Waals surface area contributed by atoms with Gasteiger partial charge < -0.3 is 5.11 Å². The third kappa shape index (κ3) is 4.74. The highest BCUT2D eigenvalue weighted by molar-refractivity contribution is 9.10. The van der Waals surface area contributed by atoms with Gasteiger partial charge in [-0.3, -0.25) is 14.6 Å². The van der Waals surface area contributed by atoms with Gasteiger partial charge in [-0.15, -0.1) is 0 Å². The minimum atomic E-state index is -0.756.